The number of carbonyl (C=O) groups is 1. The molecule has 0 atom stereocenters. The predicted octanol–water partition coefficient (Wildman–Crippen LogP) is 2.78. The SMILES string of the molecule is CCNC(C)(C)C(=O)Nc1ccccc1Br. The molecular formula is C12H17BrN2O. The van der Waals surface area contributed by atoms with E-state index in [1.54, 1.807) is 0 Å². The van der Waals surface area contributed by atoms with E-state index in [2.05, 4.69) is 26.6 Å². The van der Waals surface area contributed by atoms with Crippen molar-refractivity contribution in [1.82, 2.24) is 5.32 Å². The fourth-order valence-corrected chi connectivity index (χ4v) is 1.75. The molecule has 88 valence electrons. The number of benzene rings is 1. The fraction of sp³-hybridized carbons (Fsp3) is 0.417. The Bertz CT molecular complexity index is 377. The highest BCUT2D eigenvalue weighted by molar-refractivity contribution is 9.10. The zero-order valence-corrected chi connectivity index (χ0v) is 11.4. The summed E-state index contributed by atoms with van der Waals surface area (Å²) in [6, 6.07) is 7.57. The second-order valence-electron chi connectivity index (χ2n) is 4.09. The first-order valence-electron chi connectivity index (χ1n) is 5.28. The predicted molar refractivity (Wildman–Crippen MR) is 70.5 cm³/mol. The highest BCUT2D eigenvalue weighted by Crippen LogP contribution is 2.22. The molecule has 0 saturated heterocycles. The highest BCUT2D eigenvalue weighted by atomic mass is 79.9. The topological polar surface area (TPSA) is 41.1 Å². The molecule has 0 heterocycles. The van der Waals surface area contributed by atoms with Crippen molar-refractivity contribution in [3.8, 4) is 0 Å². The van der Waals surface area contributed by atoms with Crippen LogP contribution in [0.1, 0.15) is 20.8 Å². The van der Waals surface area contributed by atoms with Crippen LogP contribution in [0.25, 0.3) is 0 Å². The lowest BCUT2D eigenvalue weighted by Gasteiger charge is -2.24. The summed E-state index contributed by atoms with van der Waals surface area (Å²) in [4.78, 5) is 12.0. The van der Waals surface area contributed by atoms with Gasteiger partial charge in [-0.15, -0.1) is 0 Å². The molecule has 3 nitrogen and oxygen atoms in total. The third kappa shape index (κ3) is 3.32. The molecule has 2 N–H and O–H groups in total. The summed E-state index contributed by atoms with van der Waals surface area (Å²) >= 11 is 3.40. The average molecular weight is 285 g/mol. The lowest BCUT2D eigenvalue weighted by Crippen LogP contribution is -2.49. The lowest BCUT2D eigenvalue weighted by molar-refractivity contribution is -0.121. The molecule has 0 aliphatic carbocycles. The Morgan fingerprint density at radius 3 is 2.56 bits per heavy atom. The molecule has 0 saturated carbocycles. The van der Waals surface area contributed by atoms with E-state index < -0.39 is 5.54 Å². The van der Waals surface area contributed by atoms with Gasteiger partial charge in [0.2, 0.25) is 5.91 Å². The summed E-state index contributed by atoms with van der Waals surface area (Å²) in [6.45, 7) is 6.47. The maximum absolute atomic E-state index is 12.0. The van der Waals surface area contributed by atoms with Crippen molar-refractivity contribution >= 4 is 27.5 Å². The monoisotopic (exact) mass is 284 g/mol. The van der Waals surface area contributed by atoms with Gasteiger partial charge in [0, 0.05) is 4.47 Å². The summed E-state index contributed by atoms with van der Waals surface area (Å²) < 4.78 is 0.885. The minimum absolute atomic E-state index is 0.0405. The van der Waals surface area contributed by atoms with Crippen molar-refractivity contribution in [2.75, 3.05) is 11.9 Å². The van der Waals surface area contributed by atoms with Gasteiger partial charge in [-0.25, -0.2) is 0 Å². The van der Waals surface area contributed by atoms with Gasteiger partial charge in [-0.1, -0.05) is 19.1 Å². The molecule has 4 heteroatoms. The van der Waals surface area contributed by atoms with E-state index in [-0.39, 0.29) is 5.91 Å². The first-order chi connectivity index (χ1) is 7.47. The standard InChI is InChI=1S/C12H17BrN2O/c1-4-14-12(2,3)11(16)15-10-8-6-5-7-9(10)13/h5-8,14H,4H2,1-3H3,(H,15,16). The van der Waals surface area contributed by atoms with Gasteiger partial charge in [0.1, 0.15) is 0 Å². The van der Waals surface area contributed by atoms with Gasteiger partial charge in [0.25, 0.3) is 0 Å². The summed E-state index contributed by atoms with van der Waals surface area (Å²) in [5.41, 5.74) is 0.225. The molecule has 1 aromatic carbocycles. The molecule has 1 amide bonds. The Labute approximate surface area is 105 Å². The summed E-state index contributed by atoms with van der Waals surface area (Å²) in [7, 11) is 0. The minimum atomic E-state index is -0.565. The molecule has 0 aliphatic rings. The minimum Gasteiger partial charge on any atom is -0.323 e. The van der Waals surface area contributed by atoms with Gasteiger partial charge >= 0.3 is 0 Å². The van der Waals surface area contributed by atoms with Gasteiger partial charge in [0.05, 0.1) is 11.2 Å². The van der Waals surface area contributed by atoms with E-state index in [1.165, 1.54) is 0 Å². The van der Waals surface area contributed by atoms with Crippen LogP contribution in [0.5, 0.6) is 0 Å². The van der Waals surface area contributed by atoms with Crippen LogP contribution in [0.2, 0.25) is 0 Å². The van der Waals surface area contributed by atoms with Crippen molar-refractivity contribution in [3.05, 3.63) is 28.7 Å². The number of amides is 1. The summed E-state index contributed by atoms with van der Waals surface area (Å²) in [5, 5.41) is 6.02. The first kappa shape index (κ1) is 13.2. The van der Waals surface area contributed by atoms with Gasteiger partial charge in [0.15, 0.2) is 0 Å². The molecule has 0 radical (unpaired) electrons. The zero-order chi connectivity index (χ0) is 12.2. The largest absolute Gasteiger partial charge is 0.323 e. The number of hydrogen-bond acceptors (Lipinski definition) is 2. The Morgan fingerprint density at radius 1 is 1.38 bits per heavy atom. The van der Waals surface area contributed by atoms with Crippen molar-refractivity contribution in [1.29, 1.82) is 0 Å². The molecule has 0 spiro atoms. The van der Waals surface area contributed by atoms with Gasteiger partial charge in [-0.05, 0) is 48.5 Å². The van der Waals surface area contributed by atoms with E-state index in [0.717, 1.165) is 16.7 Å². The second-order valence-corrected chi connectivity index (χ2v) is 4.94. The molecule has 0 fully saturated rings. The van der Waals surface area contributed by atoms with E-state index in [0.29, 0.717) is 0 Å². The van der Waals surface area contributed by atoms with E-state index in [4.69, 9.17) is 0 Å². The van der Waals surface area contributed by atoms with Crippen LogP contribution in [-0.4, -0.2) is 18.0 Å². The van der Waals surface area contributed by atoms with Crippen molar-refractivity contribution in [3.63, 3.8) is 0 Å². The number of para-hydroxylation sites is 1. The van der Waals surface area contributed by atoms with Crippen molar-refractivity contribution < 1.29 is 4.79 Å². The Hall–Kier alpha value is -0.870. The van der Waals surface area contributed by atoms with E-state index in [1.807, 2.05) is 45.0 Å². The van der Waals surface area contributed by atoms with E-state index >= 15 is 0 Å². The number of rotatable bonds is 4. The normalized spacial score (nSPS) is 11.2. The number of nitrogens with one attached hydrogen (secondary N) is 2. The fourth-order valence-electron chi connectivity index (χ4n) is 1.36. The van der Waals surface area contributed by atoms with Crippen LogP contribution in [-0.2, 0) is 4.79 Å². The van der Waals surface area contributed by atoms with Crippen LogP contribution in [0.15, 0.2) is 28.7 Å². The molecule has 0 unspecified atom stereocenters. The Morgan fingerprint density at radius 2 is 2.00 bits per heavy atom. The average Bonchev–Trinajstić information content (AvgIpc) is 2.21. The number of hydrogen-bond donors (Lipinski definition) is 2. The van der Waals surface area contributed by atoms with Crippen LogP contribution < -0.4 is 10.6 Å². The molecule has 1 aromatic rings. The van der Waals surface area contributed by atoms with Crippen LogP contribution in [0.4, 0.5) is 5.69 Å². The number of likely N-dealkylation sites (N-methyl/N-ethyl adjacent to an activating group) is 1. The van der Waals surface area contributed by atoms with Crippen LogP contribution in [0, 0.1) is 0 Å². The molecule has 0 aromatic heterocycles. The van der Waals surface area contributed by atoms with Crippen LogP contribution in [0.3, 0.4) is 0 Å². The molecule has 0 bridgehead atoms. The van der Waals surface area contributed by atoms with E-state index in [9.17, 15) is 4.79 Å². The summed E-state index contributed by atoms with van der Waals surface area (Å²) in [6.07, 6.45) is 0. The Balaban J connectivity index is 2.75. The van der Waals surface area contributed by atoms with Gasteiger partial charge < -0.3 is 10.6 Å². The quantitative estimate of drug-likeness (QED) is 0.893. The Kier molecular flexibility index (Phi) is 4.50. The maximum Gasteiger partial charge on any atom is 0.244 e. The highest BCUT2D eigenvalue weighted by Gasteiger charge is 2.26. The number of halogens is 1. The molecule has 1 rings (SSSR count). The third-order valence-electron chi connectivity index (χ3n) is 2.31. The zero-order valence-electron chi connectivity index (χ0n) is 9.80. The molecule has 16 heavy (non-hydrogen) atoms. The second kappa shape index (κ2) is 5.46. The van der Waals surface area contributed by atoms with Crippen LogP contribution >= 0.6 is 15.9 Å². The first-order valence-corrected chi connectivity index (χ1v) is 6.07. The maximum atomic E-state index is 12.0. The molecular weight excluding hydrogens is 268 g/mol. The summed E-state index contributed by atoms with van der Waals surface area (Å²) in [5.74, 6) is -0.0405. The van der Waals surface area contributed by atoms with Gasteiger partial charge in [-0.3, -0.25) is 4.79 Å². The number of anilines is 1. The smallest absolute Gasteiger partial charge is 0.244 e. The number of carbonyl (C=O) groups excluding carboxylic acids is 1. The lowest BCUT2D eigenvalue weighted by atomic mass is 10.0. The third-order valence-corrected chi connectivity index (χ3v) is 3.00. The molecule has 0 aliphatic heterocycles. The van der Waals surface area contributed by atoms with Crippen molar-refractivity contribution in [2.24, 2.45) is 0 Å². The van der Waals surface area contributed by atoms with Crippen molar-refractivity contribution in [2.45, 2.75) is 26.3 Å². The van der Waals surface area contributed by atoms with Gasteiger partial charge in [-0.2, -0.15) is 0 Å².